The number of halogens is 1. The fourth-order valence-electron chi connectivity index (χ4n) is 2.19. The Balaban J connectivity index is 2.02. The van der Waals surface area contributed by atoms with Gasteiger partial charge in [0.25, 0.3) is 0 Å². The molecule has 0 saturated heterocycles. The normalized spacial score (nSPS) is 18.6. The van der Waals surface area contributed by atoms with Gasteiger partial charge in [0.05, 0.1) is 6.61 Å². The highest BCUT2D eigenvalue weighted by Crippen LogP contribution is 2.33. The Morgan fingerprint density at radius 3 is 3.00 bits per heavy atom. The summed E-state index contributed by atoms with van der Waals surface area (Å²) in [6, 6.07) is 8.32. The first kappa shape index (κ1) is 11.7. The van der Waals surface area contributed by atoms with E-state index in [4.69, 9.17) is 16.3 Å². The molecule has 88 valence electrons. The maximum absolute atomic E-state index is 5.79. The van der Waals surface area contributed by atoms with Gasteiger partial charge in [-0.05, 0) is 12.6 Å². The van der Waals surface area contributed by atoms with Crippen molar-refractivity contribution in [3.05, 3.63) is 29.8 Å². The van der Waals surface area contributed by atoms with Crippen LogP contribution in [0.1, 0.15) is 18.4 Å². The van der Waals surface area contributed by atoms with Crippen LogP contribution < -0.4 is 4.74 Å². The van der Waals surface area contributed by atoms with Crippen molar-refractivity contribution in [2.75, 3.05) is 32.1 Å². The molecule has 1 atom stereocenters. The maximum atomic E-state index is 5.79. The Hall–Kier alpha value is -0.730. The lowest BCUT2D eigenvalue weighted by atomic mass is 10.0. The van der Waals surface area contributed by atoms with E-state index in [2.05, 4.69) is 24.0 Å². The van der Waals surface area contributed by atoms with Crippen LogP contribution in [0.15, 0.2) is 24.3 Å². The Morgan fingerprint density at radius 2 is 2.25 bits per heavy atom. The summed E-state index contributed by atoms with van der Waals surface area (Å²) in [6.45, 7) is 6.02. The molecule has 0 saturated carbocycles. The summed E-state index contributed by atoms with van der Waals surface area (Å²) in [5, 5.41) is 0. The minimum atomic E-state index is 0.499. The largest absolute Gasteiger partial charge is 0.493 e. The van der Waals surface area contributed by atoms with Crippen molar-refractivity contribution in [3.8, 4) is 5.75 Å². The number of hydrogen-bond acceptors (Lipinski definition) is 2. The molecular weight excluding hydrogens is 222 g/mol. The second-order valence-corrected chi connectivity index (χ2v) is 4.51. The highest BCUT2D eigenvalue weighted by Gasteiger charge is 2.24. The van der Waals surface area contributed by atoms with Gasteiger partial charge in [-0.1, -0.05) is 25.1 Å². The Bertz CT molecular complexity index is 342. The van der Waals surface area contributed by atoms with Gasteiger partial charge in [0.2, 0.25) is 0 Å². The number of hydrogen-bond donors (Lipinski definition) is 0. The molecule has 3 heteroatoms. The van der Waals surface area contributed by atoms with Crippen molar-refractivity contribution in [2.45, 2.75) is 12.8 Å². The summed E-state index contributed by atoms with van der Waals surface area (Å²) in [5.41, 5.74) is 1.34. The molecule has 1 aromatic carbocycles. The van der Waals surface area contributed by atoms with Crippen LogP contribution in [0.2, 0.25) is 0 Å². The van der Waals surface area contributed by atoms with Gasteiger partial charge in [0, 0.05) is 30.5 Å². The van der Waals surface area contributed by atoms with Crippen LogP contribution in [-0.2, 0) is 0 Å². The van der Waals surface area contributed by atoms with E-state index < -0.39 is 0 Å². The summed E-state index contributed by atoms with van der Waals surface area (Å²) in [5.74, 6) is 2.25. The van der Waals surface area contributed by atoms with Crippen LogP contribution in [0.4, 0.5) is 0 Å². The van der Waals surface area contributed by atoms with E-state index in [9.17, 15) is 0 Å². The van der Waals surface area contributed by atoms with Crippen molar-refractivity contribution in [1.82, 2.24) is 4.90 Å². The van der Waals surface area contributed by atoms with E-state index >= 15 is 0 Å². The highest BCUT2D eigenvalue weighted by molar-refractivity contribution is 6.18. The van der Waals surface area contributed by atoms with Crippen LogP contribution >= 0.6 is 11.6 Å². The third kappa shape index (κ3) is 2.50. The monoisotopic (exact) mass is 239 g/mol. The zero-order valence-electron chi connectivity index (χ0n) is 9.66. The van der Waals surface area contributed by atoms with E-state index in [1.807, 2.05) is 12.1 Å². The minimum absolute atomic E-state index is 0.499. The molecule has 1 heterocycles. The number of rotatable bonds is 5. The molecule has 1 aliphatic heterocycles. The van der Waals surface area contributed by atoms with Gasteiger partial charge in [-0.3, -0.25) is 0 Å². The minimum Gasteiger partial charge on any atom is -0.493 e. The van der Waals surface area contributed by atoms with E-state index in [0.717, 1.165) is 32.0 Å². The summed E-state index contributed by atoms with van der Waals surface area (Å²) in [7, 11) is 0. The molecular formula is C13H18ClNO. The molecule has 0 fully saturated rings. The standard InChI is InChI=1S/C13H18ClNO/c1-2-15(8-7-14)9-11-10-16-13-6-4-3-5-12(11)13/h3-6,11H,2,7-10H2,1H3. The van der Waals surface area contributed by atoms with Gasteiger partial charge < -0.3 is 9.64 Å². The smallest absolute Gasteiger partial charge is 0.122 e. The lowest BCUT2D eigenvalue weighted by Gasteiger charge is -2.22. The van der Waals surface area contributed by atoms with Crippen molar-refractivity contribution in [2.24, 2.45) is 0 Å². The molecule has 0 spiro atoms. The molecule has 2 rings (SSSR count). The van der Waals surface area contributed by atoms with Crippen LogP contribution in [-0.4, -0.2) is 37.0 Å². The molecule has 0 amide bonds. The maximum Gasteiger partial charge on any atom is 0.122 e. The molecule has 0 aromatic heterocycles. The van der Waals surface area contributed by atoms with E-state index in [0.29, 0.717) is 11.8 Å². The number of benzene rings is 1. The third-order valence-corrected chi connectivity index (χ3v) is 3.29. The topological polar surface area (TPSA) is 12.5 Å². The first-order valence-corrected chi connectivity index (χ1v) is 6.38. The first-order chi connectivity index (χ1) is 7.85. The Kier molecular flexibility index (Phi) is 4.08. The van der Waals surface area contributed by atoms with Crippen molar-refractivity contribution in [1.29, 1.82) is 0 Å². The van der Waals surface area contributed by atoms with E-state index in [1.165, 1.54) is 5.56 Å². The molecule has 1 aromatic rings. The third-order valence-electron chi connectivity index (χ3n) is 3.13. The Morgan fingerprint density at radius 1 is 1.44 bits per heavy atom. The van der Waals surface area contributed by atoms with Crippen LogP contribution in [0.5, 0.6) is 5.75 Å². The summed E-state index contributed by atoms with van der Waals surface area (Å²) in [4.78, 5) is 2.38. The molecule has 0 aliphatic carbocycles. The average molecular weight is 240 g/mol. The van der Waals surface area contributed by atoms with Crippen LogP contribution in [0, 0.1) is 0 Å². The second kappa shape index (κ2) is 5.55. The van der Waals surface area contributed by atoms with E-state index in [-0.39, 0.29) is 0 Å². The number of para-hydroxylation sites is 1. The first-order valence-electron chi connectivity index (χ1n) is 5.85. The van der Waals surface area contributed by atoms with Gasteiger partial charge in [-0.2, -0.15) is 0 Å². The van der Waals surface area contributed by atoms with Crippen LogP contribution in [0.25, 0.3) is 0 Å². The number of likely N-dealkylation sites (N-methyl/N-ethyl adjacent to an activating group) is 1. The summed E-state index contributed by atoms with van der Waals surface area (Å²) >= 11 is 5.79. The molecule has 1 unspecified atom stereocenters. The predicted molar refractivity (Wildman–Crippen MR) is 67.5 cm³/mol. The lowest BCUT2D eigenvalue weighted by molar-refractivity contribution is 0.251. The van der Waals surface area contributed by atoms with Crippen molar-refractivity contribution >= 4 is 11.6 Å². The predicted octanol–water partition coefficient (Wildman–Crippen LogP) is 2.72. The fraction of sp³-hybridized carbons (Fsp3) is 0.538. The Labute approximate surface area is 102 Å². The van der Waals surface area contributed by atoms with E-state index in [1.54, 1.807) is 0 Å². The average Bonchev–Trinajstić information content (AvgIpc) is 2.72. The zero-order chi connectivity index (χ0) is 11.4. The molecule has 1 aliphatic rings. The SMILES string of the molecule is CCN(CCCl)CC1COc2ccccc21. The zero-order valence-corrected chi connectivity index (χ0v) is 10.4. The van der Waals surface area contributed by atoms with Gasteiger partial charge in [-0.25, -0.2) is 0 Å². The summed E-state index contributed by atoms with van der Waals surface area (Å²) in [6.07, 6.45) is 0. The van der Waals surface area contributed by atoms with Gasteiger partial charge >= 0.3 is 0 Å². The molecule has 0 N–H and O–H groups in total. The fourth-order valence-corrected chi connectivity index (χ4v) is 2.43. The number of ether oxygens (including phenoxy) is 1. The molecule has 16 heavy (non-hydrogen) atoms. The molecule has 2 nitrogen and oxygen atoms in total. The van der Waals surface area contributed by atoms with Gasteiger partial charge in [0.15, 0.2) is 0 Å². The second-order valence-electron chi connectivity index (χ2n) is 4.13. The highest BCUT2D eigenvalue weighted by atomic mass is 35.5. The lowest BCUT2D eigenvalue weighted by Crippen LogP contribution is -2.30. The number of fused-ring (bicyclic) bond motifs is 1. The van der Waals surface area contributed by atoms with Crippen molar-refractivity contribution in [3.63, 3.8) is 0 Å². The van der Waals surface area contributed by atoms with Gasteiger partial charge in [-0.15, -0.1) is 11.6 Å². The van der Waals surface area contributed by atoms with Crippen LogP contribution in [0.3, 0.4) is 0 Å². The molecule has 0 radical (unpaired) electrons. The number of nitrogens with zero attached hydrogens (tertiary/aromatic N) is 1. The van der Waals surface area contributed by atoms with Crippen molar-refractivity contribution < 1.29 is 4.74 Å². The number of alkyl halides is 1. The molecule has 0 bridgehead atoms. The quantitative estimate of drug-likeness (QED) is 0.733. The summed E-state index contributed by atoms with van der Waals surface area (Å²) < 4.78 is 5.67. The van der Waals surface area contributed by atoms with Gasteiger partial charge in [0.1, 0.15) is 5.75 Å².